The van der Waals surface area contributed by atoms with Gasteiger partial charge >= 0.3 is 0 Å². The van der Waals surface area contributed by atoms with E-state index in [1.807, 2.05) is 12.1 Å². The minimum Gasteiger partial charge on any atom is -0.299 e. The molecule has 0 radical (unpaired) electrons. The summed E-state index contributed by atoms with van der Waals surface area (Å²) in [5, 5.41) is 0. The van der Waals surface area contributed by atoms with Crippen LogP contribution in [-0.2, 0) is 11.2 Å². The number of halogens is 1. The minimum absolute atomic E-state index is 0.400. The highest BCUT2D eigenvalue weighted by Crippen LogP contribution is 2.33. The Hall–Kier alpha value is -0.150. The highest BCUT2D eigenvalue weighted by Gasteiger charge is 2.24. The van der Waals surface area contributed by atoms with Crippen LogP contribution in [0.4, 0.5) is 0 Å². The third kappa shape index (κ3) is 2.92. The van der Waals surface area contributed by atoms with E-state index in [1.165, 1.54) is 17.7 Å². The van der Waals surface area contributed by atoms with Crippen molar-refractivity contribution in [1.29, 1.82) is 0 Å². The van der Waals surface area contributed by atoms with Gasteiger partial charge in [0.2, 0.25) is 0 Å². The van der Waals surface area contributed by atoms with Gasteiger partial charge < -0.3 is 0 Å². The maximum Gasteiger partial charge on any atom is 0.138 e. The number of hydrogen-bond donors (Lipinski definition) is 0. The van der Waals surface area contributed by atoms with Gasteiger partial charge in [-0.1, -0.05) is 0 Å². The number of Topliss-reactive ketones (excluding diaryl/α,β-unsaturated/α-hetero) is 1. The summed E-state index contributed by atoms with van der Waals surface area (Å²) in [6.07, 6.45) is 3.96. The van der Waals surface area contributed by atoms with Crippen molar-refractivity contribution >= 4 is 33.0 Å². The quantitative estimate of drug-likeness (QED) is 0.809. The predicted octanol–water partition coefficient (Wildman–Crippen LogP) is 3.42. The Balaban J connectivity index is 1.85. The molecule has 0 N–H and O–H groups in total. The molecule has 0 aromatic carbocycles. The molecule has 0 spiro atoms. The first kappa shape index (κ1) is 9.41. The standard InChI is InChI=1S/C10H11BrOS/c11-10-4-3-9(13-10)6-8(12)5-7-1-2-7/h3-4,7H,1-2,5-6H2. The number of rotatable bonds is 4. The van der Waals surface area contributed by atoms with Gasteiger partial charge in [-0.15, -0.1) is 11.3 Å². The molecule has 0 amide bonds. The minimum atomic E-state index is 0.400. The Morgan fingerprint density at radius 1 is 1.54 bits per heavy atom. The Morgan fingerprint density at radius 3 is 2.85 bits per heavy atom. The summed E-state index contributed by atoms with van der Waals surface area (Å²) in [6.45, 7) is 0. The second-order valence-corrected chi connectivity index (χ2v) is 6.12. The third-order valence-corrected chi connectivity index (χ3v) is 3.84. The summed E-state index contributed by atoms with van der Waals surface area (Å²) in [7, 11) is 0. The van der Waals surface area contributed by atoms with E-state index >= 15 is 0 Å². The van der Waals surface area contributed by atoms with E-state index in [9.17, 15) is 4.79 Å². The van der Waals surface area contributed by atoms with E-state index in [0.29, 0.717) is 12.2 Å². The van der Waals surface area contributed by atoms with E-state index in [4.69, 9.17) is 0 Å². The van der Waals surface area contributed by atoms with Crippen LogP contribution in [0, 0.1) is 5.92 Å². The smallest absolute Gasteiger partial charge is 0.138 e. The van der Waals surface area contributed by atoms with Gasteiger partial charge in [-0.25, -0.2) is 0 Å². The molecule has 1 fully saturated rings. The lowest BCUT2D eigenvalue weighted by Gasteiger charge is -1.95. The topological polar surface area (TPSA) is 17.1 Å². The average molecular weight is 259 g/mol. The lowest BCUT2D eigenvalue weighted by Crippen LogP contribution is -2.01. The van der Waals surface area contributed by atoms with Crippen LogP contribution in [-0.4, -0.2) is 5.78 Å². The second kappa shape index (κ2) is 3.93. The van der Waals surface area contributed by atoms with Crippen molar-refractivity contribution in [3.05, 3.63) is 20.8 Å². The number of ketones is 1. The average Bonchev–Trinajstić information content (AvgIpc) is 2.76. The van der Waals surface area contributed by atoms with Crippen LogP contribution in [0.2, 0.25) is 0 Å². The van der Waals surface area contributed by atoms with Crippen LogP contribution in [0.15, 0.2) is 15.9 Å². The molecule has 0 unspecified atom stereocenters. The summed E-state index contributed by atoms with van der Waals surface area (Å²) in [5.41, 5.74) is 0. The van der Waals surface area contributed by atoms with Gasteiger partial charge in [0.25, 0.3) is 0 Å². The fourth-order valence-corrected chi connectivity index (χ4v) is 2.87. The Labute approximate surface area is 90.3 Å². The van der Waals surface area contributed by atoms with Crippen LogP contribution in [0.25, 0.3) is 0 Å². The zero-order valence-corrected chi connectivity index (χ0v) is 9.66. The van der Waals surface area contributed by atoms with Gasteiger partial charge in [-0.05, 0) is 46.8 Å². The fourth-order valence-electron chi connectivity index (χ4n) is 1.36. The Bertz CT molecular complexity index is 314. The maximum atomic E-state index is 11.5. The number of carbonyl (C=O) groups is 1. The van der Waals surface area contributed by atoms with Crippen molar-refractivity contribution in [2.24, 2.45) is 5.92 Å². The molecule has 0 aliphatic heterocycles. The highest BCUT2D eigenvalue weighted by atomic mass is 79.9. The molecule has 1 heterocycles. The van der Waals surface area contributed by atoms with Crippen LogP contribution >= 0.6 is 27.3 Å². The SMILES string of the molecule is O=C(Cc1ccc(Br)s1)CC1CC1. The molecule has 1 nitrogen and oxygen atoms in total. The lowest BCUT2D eigenvalue weighted by atomic mass is 10.1. The molecule has 0 saturated heterocycles. The van der Waals surface area contributed by atoms with E-state index < -0.39 is 0 Å². The maximum absolute atomic E-state index is 11.5. The Morgan fingerprint density at radius 2 is 2.31 bits per heavy atom. The molecular formula is C10H11BrOS. The second-order valence-electron chi connectivity index (χ2n) is 3.57. The predicted molar refractivity (Wildman–Crippen MR) is 58.1 cm³/mol. The van der Waals surface area contributed by atoms with Crippen molar-refractivity contribution < 1.29 is 4.79 Å². The molecule has 1 aromatic heterocycles. The molecule has 0 atom stereocenters. The van der Waals surface area contributed by atoms with Gasteiger partial charge in [-0.2, -0.15) is 0 Å². The van der Waals surface area contributed by atoms with Gasteiger partial charge in [0, 0.05) is 17.7 Å². The number of thiophene rings is 1. The van der Waals surface area contributed by atoms with Crippen LogP contribution in [0.1, 0.15) is 24.1 Å². The van der Waals surface area contributed by atoms with Crippen LogP contribution < -0.4 is 0 Å². The largest absolute Gasteiger partial charge is 0.299 e. The highest BCUT2D eigenvalue weighted by molar-refractivity contribution is 9.11. The van der Waals surface area contributed by atoms with Crippen molar-refractivity contribution in [2.45, 2.75) is 25.7 Å². The van der Waals surface area contributed by atoms with Gasteiger partial charge in [-0.3, -0.25) is 4.79 Å². The molecule has 13 heavy (non-hydrogen) atoms. The van der Waals surface area contributed by atoms with E-state index in [2.05, 4.69) is 15.9 Å². The lowest BCUT2D eigenvalue weighted by molar-refractivity contribution is -0.118. The molecule has 2 rings (SSSR count). The van der Waals surface area contributed by atoms with Crippen LogP contribution in [0.5, 0.6) is 0 Å². The Kier molecular flexibility index (Phi) is 2.84. The van der Waals surface area contributed by atoms with Crippen molar-refractivity contribution in [2.75, 3.05) is 0 Å². The molecule has 1 aliphatic carbocycles. The summed E-state index contributed by atoms with van der Waals surface area (Å²) in [6, 6.07) is 4.03. The molecule has 1 aliphatic rings. The summed E-state index contributed by atoms with van der Waals surface area (Å²) >= 11 is 5.05. The molecule has 1 aromatic rings. The first-order valence-electron chi connectivity index (χ1n) is 4.50. The van der Waals surface area contributed by atoms with Crippen molar-refractivity contribution in [3.8, 4) is 0 Å². The third-order valence-electron chi connectivity index (χ3n) is 2.21. The number of hydrogen-bond acceptors (Lipinski definition) is 2. The first-order chi connectivity index (χ1) is 6.24. The molecule has 70 valence electrons. The summed E-state index contributed by atoms with van der Waals surface area (Å²) < 4.78 is 1.11. The number of carbonyl (C=O) groups excluding carboxylic acids is 1. The zero-order valence-electron chi connectivity index (χ0n) is 7.25. The molecular weight excluding hydrogens is 248 g/mol. The zero-order chi connectivity index (χ0) is 9.26. The van der Waals surface area contributed by atoms with Gasteiger partial charge in [0.05, 0.1) is 3.79 Å². The monoisotopic (exact) mass is 258 g/mol. The van der Waals surface area contributed by atoms with Gasteiger partial charge in [0.1, 0.15) is 5.78 Å². The van der Waals surface area contributed by atoms with Crippen LogP contribution in [0.3, 0.4) is 0 Å². The van der Waals surface area contributed by atoms with E-state index in [-0.39, 0.29) is 0 Å². The van der Waals surface area contributed by atoms with E-state index in [1.54, 1.807) is 11.3 Å². The summed E-state index contributed by atoms with van der Waals surface area (Å²) in [5.74, 6) is 1.12. The normalized spacial score (nSPS) is 16.1. The molecule has 1 saturated carbocycles. The summed E-state index contributed by atoms with van der Waals surface area (Å²) in [4.78, 5) is 12.6. The molecule has 3 heteroatoms. The first-order valence-corrected chi connectivity index (χ1v) is 6.11. The van der Waals surface area contributed by atoms with Gasteiger partial charge in [0.15, 0.2) is 0 Å². The van der Waals surface area contributed by atoms with Crippen molar-refractivity contribution in [3.63, 3.8) is 0 Å². The fraction of sp³-hybridized carbons (Fsp3) is 0.500. The van der Waals surface area contributed by atoms with Crippen molar-refractivity contribution in [1.82, 2.24) is 0 Å². The van der Waals surface area contributed by atoms with E-state index in [0.717, 1.165) is 16.1 Å². The molecule has 0 bridgehead atoms.